The van der Waals surface area contributed by atoms with Crippen molar-refractivity contribution >= 4 is 30.7 Å². The van der Waals surface area contributed by atoms with Crippen molar-refractivity contribution in [1.82, 2.24) is 10.2 Å². The lowest BCUT2D eigenvalue weighted by molar-refractivity contribution is -0.121. The number of hydrogen-bond donors (Lipinski definition) is 2. The van der Waals surface area contributed by atoms with Gasteiger partial charge in [-0.05, 0) is 32.0 Å². The van der Waals surface area contributed by atoms with Gasteiger partial charge in [-0.25, -0.2) is 0 Å². The van der Waals surface area contributed by atoms with Gasteiger partial charge in [-0.1, -0.05) is 44.2 Å². The number of benzene rings is 1. The van der Waals surface area contributed by atoms with Crippen molar-refractivity contribution in [3.05, 3.63) is 35.9 Å². The Morgan fingerprint density at radius 1 is 1.17 bits per heavy atom. The van der Waals surface area contributed by atoms with Gasteiger partial charge < -0.3 is 11.1 Å². The van der Waals surface area contributed by atoms with E-state index < -0.39 is 0 Å². The molecule has 0 spiro atoms. The summed E-state index contributed by atoms with van der Waals surface area (Å²) in [6.07, 6.45) is 1.23. The average Bonchev–Trinajstić information content (AvgIpc) is 2.50. The first-order valence-corrected chi connectivity index (χ1v) is 7.89. The van der Waals surface area contributed by atoms with Crippen LogP contribution < -0.4 is 11.1 Å². The summed E-state index contributed by atoms with van der Waals surface area (Å²) in [7, 11) is 0. The van der Waals surface area contributed by atoms with E-state index in [9.17, 15) is 4.79 Å². The van der Waals surface area contributed by atoms with Crippen LogP contribution in [-0.2, 0) is 4.79 Å². The minimum Gasteiger partial charge on any atom is -0.354 e. The van der Waals surface area contributed by atoms with Gasteiger partial charge in [0.25, 0.3) is 0 Å². The normalized spacial score (nSPS) is 12.7. The summed E-state index contributed by atoms with van der Waals surface area (Å²) >= 11 is 0. The van der Waals surface area contributed by atoms with Crippen LogP contribution in [0, 0.1) is 0 Å². The van der Waals surface area contributed by atoms with Crippen LogP contribution in [-0.4, -0.2) is 36.5 Å². The van der Waals surface area contributed by atoms with Crippen molar-refractivity contribution in [2.45, 2.75) is 45.7 Å². The van der Waals surface area contributed by atoms with Crippen molar-refractivity contribution in [2.24, 2.45) is 5.73 Å². The van der Waals surface area contributed by atoms with Gasteiger partial charge in [-0.2, -0.15) is 0 Å². The molecule has 0 aliphatic carbocycles. The van der Waals surface area contributed by atoms with E-state index in [-0.39, 0.29) is 42.8 Å². The van der Waals surface area contributed by atoms with E-state index >= 15 is 0 Å². The molecule has 1 aromatic rings. The van der Waals surface area contributed by atoms with Crippen molar-refractivity contribution in [1.29, 1.82) is 0 Å². The average molecular weight is 364 g/mol. The second-order valence-corrected chi connectivity index (χ2v) is 5.47. The SMILES string of the molecule is CCN(CC)C(CNC(=O)CCC(C)N)c1ccccc1.Cl.Cl. The molecular weight excluding hydrogens is 333 g/mol. The summed E-state index contributed by atoms with van der Waals surface area (Å²) < 4.78 is 0. The number of halogens is 2. The third kappa shape index (κ3) is 9.16. The van der Waals surface area contributed by atoms with E-state index in [0.29, 0.717) is 13.0 Å². The van der Waals surface area contributed by atoms with E-state index in [2.05, 4.69) is 36.2 Å². The number of hydrogen-bond acceptors (Lipinski definition) is 3. The van der Waals surface area contributed by atoms with Gasteiger partial charge >= 0.3 is 0 Å². The summed E-state index contributed by atoms with van der Waals surface area (Å²) in [6, 6.07) is 10.6. The quantitative estimate of drug-likeness (QED) is 0.708. The van der Waals surface area contributed by atoms with Crippen LogP contribution in [0.2, 0.25) is 0 Å². The molecule has 4 nitrogen and oxygen atoms in total. The smallest absolute Gasteiger partial charge is 0.220 e. The highest BCUT2D eigenvalue weighted by Gasteiger charge is 2.18. The minimum atomic E-state index is 0. The second-order valence-electron chi connectivity index (χ2n) is 5.47. The maximum Gasteiger partial charge on any atom is 0.220 e. The lowest BCUT2D eigenvalue weighted by Gasteiger charge is -2.30. The van der Waals surface area contributed by atoms with Gasteiger partial charge in [0.05, 0.1) is 6.04 Å². The molecule has 2 unspecified atom stereocenters. The molecule has 1 rings (SSSR count). The molecule has 0 saturated carbocycles. The third-order valence-electron chi connectivity index (χ3n) is 3.76. The van der Waals surface area contributed by atoms with Crippen LogP contribution in [0.3, 0.4) is 0 Å². The second kappa shape index (κ2) is 13.6. The Labute approximate surface area is 153 Å². The number of likely N-dealkylation sites (N-methyl/N-ethyl adjacent to an activating group) is 1. The molecule has 0 bridgehead atoms. The van der Waals surface area contributed by atoms with E-state index in [1.165, 1.54) is 5.56 Å². The first-order valence-electron chi connectivity index (χ1n) is 7.89. The fourth-order valence-electron chi connectivity index (χ4n) is 2.46. The number of nitrogens with one attached hydrogen (secondary N) is 1. The summed E-state index contributed by atoms with van der Waals surface area (Å²) in [4.78, 5) is 14.3. The molecule has 0 saturated heterocycles. The predicted molar refractivity (Wildman–Crippen MR) is 102 cm³/mol. The highest BCUT2D eigenvalue weighted by atomic mass is 35.5. The molecule has 1 amide bonds. The fourth-order valence-corrected chi connectivity index (χ4v) is 2.46. The largest absolute Gasteiger partial charge is 0.354 e. The molecule has 0 aliphatic rings. The van der Waals surface area contributed by atoms with Crippen LogP contribution in [0.4, 0.5) is 0 Å². The molecule has 0 aromatic heterocycles. The zero-order chi connectivity index (χ0) is 15.7. The molecule has 0 heterocycles. The van der Waals surface area contributed by atoms with Crippen LogP contribution in [0.15, 0.2) is 30.3 Å². The Morgan fingerprint density at radius 2 is 1.74 bits per heavy atom. The van der Waals surface area contributed by atoms with Crippen LogP contribution in [0.5, 0.6) is 0 Å². The molecule has 2 atom stereocenters. The Bertz CT molecular complexity index is 412. The summed E-state index contributed by atoms with van der Waals surface area (Å²) in [5, 5.41) is 3.05. The van der Waals surface area contributed by atoms with Crippen molar-refractivity contribution in [2.75, 3.05) is 19.6 Å². The Hall–Kier alpha value is -0.810. The molecule has 0 fully saturated rings. The van der Waals surface area contributed by atoms with E-state index in [1.807, 2.05) is 25.1 Å². The van der Waals surface area contributed by atoms with Gasteiger partial charge in [0.1, 0.15) is 0 Å². The monoisotopic (exact) mass is 363 g/mol. The summed E-state index contributed by atoms with van der Waals surface area (Å²) in [5.74, 6) is 0.0837. The molecule has 3 N–H and O–H groups in total. The lowest BCUT2D eigenvalue weighted by Crippen LogP contribution is -2.38. The van der Waals surface area contributed by atoms with E-state index in [4.69, 9.17) is 5.73 Å². The maximum absolute atomic E-state index is 11.9. The number of amides is 1. The third-order valence-corrected chi connectivity index (χ3v) is 3.76. The van der Waals surface area contributed by atoms with Crippen LogP contribution in [0.1, 0.15) is 45.2 Å². The highest BCUT2D eigenvalue weighted by Crippen LogP contribution is 2.19. The molecule has 0 aliphatic heterocycles. The van der Waals surface area contributed by atoms with Gasteiger partial charge in [-0.3, -0.25) is 9.69 Å². The standard InChI is InChI=1S/C17H29N3O.2ClH/c1-4-20(5-2)16(15-9-7-6-8-10-15)13-19-17(21)12-11-14(3)18;;/h6-10,14,16H,4-5,11-13,18H2,1-3H3,(H,19,21);2*1H. The van der Waals surface area contributed by atoms with Crippen LogP contribution in [0.25, 0.3) is 0 Å². The summed E-state index contributed by atoms with van der Waals surface area (Å²) in [5.41, 5.74) is 6.93. The molecule has 0 radical (unpaired) electrons. The molecule has 1 aromatic carbocycles. The number of nitrogens with two attached hydrogens (primary N) is 1. The van der Waals surface area contributed by atoms with E-state index in [0.717, 1.165) is 19.5 Å². The van der Waals surface area contributed by atoms with Gasteiger partial charge in [0, 0.05) is 19.0 Å². The van der Waals surface area contributed by atoms with Crippen molar-refractivity contribution in [3.8, 4) is 0 Å². The van der Waals surface area contributed by atoms with E-state index in [1.54, 1.807) is 0 Å². The topological polar surface area (TPSA) is 58.4 Å². The number of carbonyl (C=O) groups excluding carboxylic acids is 1. The Morgan fingerprint density at radius 3 is 2.22 bits per heavy atom. The first kappa shape index (κ1) is 24.4. The Balaban J connectivity index is 0. The molecular formula is C17H31Cl2N3O. The zero-order valence-electron chi connectivity index (χ0n) is 14.3. The number of nitrogens with zero attached hydrogens (tertiary/aromatic N) is 1. The lowest BCUT2D eigenvalue weighted by atomic mass is 10.0. The minimum absolute atomic E-state index is 0. The first-order chi connectivity index (χ1) is 10.1. The van der Waals surface area contributed by atoms with Crippen LogP contribution >= 0.6 is 24.8 Å². The van der Waals surface area contributed by atoms with Gasteiger partial charge in [0.15, 0.2) is 0 Å². The zero-order valence-corrected chi connectivity index (χ0v) is 16.0. The number of carbonyl (C=O) groups is 1. The fraction of sp³-hybridized carbons (Fsp3) is 0.588. The summed E-state index contributed by atoms with van der Waals surface area (Å²) in [6.45, 7) is 8.80. The Kier molecular flexibility index (Phi) is 14.5. The van der Waals surface area contributed by atoms with Crippen molar-refractivity contribution < 1.29 is 4.79 Å². The van der Waals surface area contributed by atoms with Gasteiger partial charge in [-0.15, -0.1) is 24.8 Å². The van der Waals surface area contributed by atoms with Gasteiger partial charge in [0.2, 0.25) is 5.91 Å². The molecule has 6 heteroatoms. The highest BCUT2D eigenvalue weighted by molar-refractivity contribution is 5.85. The molecule has 23 heavy (non-hydrogen) atoms. The number of rotatable bonds is 9. The maximum atomic E-state index is 11.9. The van der Waals surface area contributed by atoms with Crippen molar-refractivity contribution in [3.63, 3.8) is 0 Å². The molecule has 134 valence electrons. The predicted octanol–water partition coefficient (Wildman–Crippen LogP) is 3.16.